The second-order valence-corrected chi connectivity index (χ2v) is 6.85. The first kappa shape index (κ1) is 17.9. The molecule has 0 unspecified atom stereocenters. The molecule has 26 heavy (non-hydrogen) atoms. The van der Waals surface area contributed by atoms with Crippen molar-refractivity contribution in [2.75, 3.05) is 24.5 Å². The molecule has 0 saturated carbocycles. The summed E-state index contributed by atoms with van der Waals surface area (Å²) in [5, 5.41) is 16.8. The van der Waals surface area contributed by atoms with Gasteiger partial charge in [0.05, 0.1) is 18.4 Å². The van der Waals surface area contributed by atoms with E-state index in [1.807, 2.05) is 21.7 Å². The van der Waals surface area contributed by atoms with Gasteiger partial charge in [-0.25, -0.2) is 4.98 Å². The largest absolute Gasteiger partial charge is 0.349 e. The monoisotopic (exact) mass is 353 g/mol. The topological polar surface area (TPSA) is 90.9 Å². The second kappa shape index (κ2) is 7.52. The van der Waals surface area contributed by atoms with Crippen molar-refractivity contribution in [3.05, 3.63) is 36.0 Å². The van der Waals surface area contributed by atoms with Gasteiger partial charge in [-0.05, 0) is 32.9 Å². The molecule has 0 radical (unpaired) electrons. The lowest BCUT2D eigenvalue weighted by atomic mass is 10.1. The fraction of sp³-hybridized carbons (Fsp3) is 0.500. The van der Waals surface area contributed by atoms with Gasteiger partial charge in [0.1, 0.15) is 6.07 Å². The summed E-state index contributed by atoms with van der Waals surface area (Å²) in [7, 11) is 0. The van der Waals surface area contributed by atoms with Crippen molar-refractivity contribution >= 4 is 11.7 Å². The van der Waals surface area contributed by atoms with E-state index in [-0.39, 0.29) is 11.9 Å². The Morgan fingerprint density at radius 3 is 2.73 bits per heavy atom. The molecule has 0 aromatic carbocycles. The summed E-state index contributed by atoms with van der Waals surface area (Å²) in [4.78, 5) is 20.9. The van der Waals surface area contributed by atoms with Crippen molar-refractivity contribution in [3.63, 3.8) is 0 Å². The SMILES string of the molecule is CC(C)n1cnc(CC(=O)N2CCN(c3ccc(C#N)nn3)[C@H](C)C2)c1. The molecular formula is C18H23N7O. The van der Waals surface area contributed by atoms with Crippen molar-refractivity contribution in [3.8, 4) is 6.07 Å². The maximum Gasteiger partial charge on any atom is 0.228 e. The van der Waals surface area contributed by atoms with Crippen LogP contribution in [0.15, 0.2) is 24.7 Å². The van der Waals surface area contributed by atoms with Gasteiger partial charge in [-0.15, -0.1) is 10.2 Å². The first-order valence-corrected chi connectivity index (χ1v) is 8.78. The zero-order chi connectivity index (χ0) is 18.7. The van der Waals surface area contributed by atoms with Crippen LogP contribution < -0.4 is 4.90 Å². The van der Waals surface area contributed by atoms with Gasteiger partial charge in [-0.1, -0.05) is 0 Å². The standard InChI is InChI=1S/C18H23N7O/c1-13(2)24-11-16(20-12-24)8-18(26)23-6-7-25(14(3)10-23)17-5-4-15(9-19)21-22-17/h4-5,11-14H,6-8,10H2,1-3H3/t14-/m1/s1. The van der Waals surface area contributed by atoms with Gasteiger partial charge in [-0.3, -0.25) is 4.79 Å². The highest BCUT2D eigenvalue weighted by Gasteiger charge is 2.28. The number of nitriles is 1. The van der Waals surface area contributed by atoms with Crippen LogP contribution in [0.3, 0.4) is 0 Å². The summed E-state index contributed by atoms with van der Waals surface area (Å²) in [5.74, 6) is 0.829. The number of amides is 1. The number of nitrogens with zero attached hydrogens (tertiary/aromatic N) is 7. The van der Waals surface area contributed by atoms with Crippen LogP contribution in [0.4, 0.5) is 5.82 Å². The fourth-order valence-electron chi connectivity index (χ4n) is 3.08. The molecule has 2 aromatic heterocycles. The minimum atomic E-state index is 0.0939. The molecule has 0 aliphatic carbocycles. The van der Waals surface area contributed by atoms with Gasteiger partial charge in [0.2, 0.25) is 5.91 Å². The number of carbonyl (C=O) groups is 1. The van der Waals surface area contributed by atoms with Crippen LogP contribution in [0.2, 0.25) is 0 Å². The molecule has 1 saturated heterocycles. The molecule has 3 rings (SSSR count). The Kier molecular flexibility index (Phi) is 5.16. The van der Waals surface area contributed by atoms with Crippen molar-refractivity contribution in [2.45, 2.75) is 39.3 Å². The Morgan fingerprint density at radius 1 is 1.35 bits per heavy atom. The highest BCUT2D eigenvalue weighted by atomic mass is 16.2. The third-order valence-corrected chi connectivity index (χ3v) is 4.62. The van der Waals surface area contributed by atoms with Crippen molar-refractivity contribution < 1.29 is 4.79 Å². The van der Waals surface area contributed by atoms with Crippen molar-refractivity contribution in [1.29, 1.82) is 5.26 Å². The Balaban J connectivity index is 1.60. The normalized spacial score (nSPS) is 17.4. The van der Waals surface area contributed by atoms with Gasteiger partial charge in [0.15, 0.2) is 11.5 Å². The lowest BCUT2D eigenvalue weighted by Gasteiger charge is -2.40. The molecule has 0 N–H and O–H groups in total. The summed E-state index contributed by atoms with van der Waals surface area (Å²) in [6.07, 6.45) is 4.04. The van der Waals surface area contributed by atoms with Crippen LogP contribution in [-0.4, -0.2) is 56.2 Å². The maximum atomic E-state index is 12.6. The average molecular weight is 353 g/mol. The quantitative estimate of drug-likeness (QED) is 0.825. The first-order chi connectivity index (χ1) is 12.5. The summed E-state index contributed by atoms with van der Waals surface area (Å²) >= 11 is 0. The van der Waals surface area contributed by atoms with E-state index in [9.17, 15) is 4.79 Å². The minimum absolute atomic E-state index is 0.0939. The second-order valence-electron chi connectivity index (χ2n) is 6.85. The summed E-state index contributed by atoms with van der Waals surface area (Å²) in [5.41, 5.74) is 1.10. The molecule has 0 spiro atoms. The molecule has 3 heterocycles. The molecule has 2 aromatic rings. The Labute approximate surface area is 153 Å². The molecule has 1 aliphatic rings. The van der Waals surface area contributed by atoms with E-state index in [1.165, 1.54) is 0 Å². The van der Waals surface area contributed by atoms with Gasteiger partial charge < -0.3 is 14.4 Å². The molecule has 1 atom stereocenters. The predicted molar refractivity (Wildman–Crippen MR) is 96.5 cm³/mol. The van der Waals surface area contributed by atoms with E-state index in [1.54, 1.807) is 18.5 Å². The predicted octanol–water partition coefficient (Wildman–Crippen LogP) is 1.41. The maximum absolute atomic E-state index is 12.6. The van der Waals surface area contributed by atoms with Crippen molar-refractivity contribution in [2.24, 2.45) is 0 Å². The molecule has 0 bridgehead atoms. The van der Waals surface area contributed by atoms with Crippen LogP contribution >= 0.6 is 0 Å². The minimum Gasteiger partial charge on any atom is -0.349 e. The number of piperazine rings is 1. The highest BCUT2D eigenvalue weighted by Crippen LogP contribution is 2.18. The van der Waals surface area contributed by atoms with Gasteiger partial charge in [-0.2, -0.15) is 5.26 Å². The van der Waals surface area contributed by atoms with E-state index in [0.717, 1.165) is 11.5 Å². The van der Waals surface area contributed by atoms with Crippen LogP contribution in [0, 0.1) is 11.3 Å². The highest BCUT2D eigenvalue weighted by molar-refractivity contribution is 5.78. The van der Waals surface area contributed by atoms with E-state index >= 15 is 0 Å². The molecule has 136 valence electrons. The van der Waals surface area contributed by atoms with Crippen molar-refractivity contribution in [1.82, 2.24) is 24.6 Å². The average Bonchev–Trinajstić information content (AvgIpc) is 3.10. The van der Waals surface area contributed by atoms with Crippen LogP contribution in [0.5, 0.6) is 0 Å². The van der Waals surface area contributed by atoms with Gasteiger partial charge in [0, 0.05) is 37.9 Å². The molecule has 1 fully saturated rings. The zero-order valence-corrected chi connectivity index (χ0v) is 15.3. The molecule has 8 heteroatoms. The Hall–Kier alpha value is -2.95. The third kappa shape index (κ3) is 3.82. The van der Waals surface area contributed by atoms with E-state index < -0.39 is 0 Å². The molecule has 1 aliphatic heterocycles. The molecular weight excluding hydrogens is 330 g/mol. The number of hydrogen-bond acceptors (Lipinski definition) is 6. The summed E-state index contributed by atoms with van der Waals surface area (Å²) < 4.78 is 2.01. The lowest BCUT2D eigenvalue weighted by molar-refractivity contribution is -0.131. The van der Waals surface area contributed by atoms with Crippen LogP contribution in [0.1, 0.15) is 38.2 Å². The van der Waals surface area contributed by atoms with E-state index in [2.05, 4.69) is 40.9 Å². The number of aromatic nitrogens is 4. The van der Waals surface area contributed by atoms with E-state index in [4.69, 9.17) is 5.26 Å². The van der Waals surface area contributed by atoms with Crippen LogP contribution in [-0.2, 0) is 11.2 Å². The Morgan fingerprint density at radius 2 is 2.15 bits per heavy atom. The van der Waals surface area contributed by atoms with E-state index in [0.29, 0.717) is 37.8 Å². The number of imidazole rings is 1. The van der Waals surface area contributed by atoms with Gasteiger partial charge in [0.25, 0.3) is 0 Å². The number of carbonyl (C=O) groups excluding carboxylic acids is 1. The van der Waals surface area contributed by atoms with Crippen LogP contribution in [0.25, 0.3) is 0 Å². The number of anilines is 1. The van der Waals surface area contributed by atoms with Gasteiger partial charge >= 0.3 is 0 Å². The number of hydrogen-bond donors (Lipinski definition) is 0. The zero-order valence-electron chi connectivity index (χ0n) is 15.3. The Bertz CT molecular complexity index is 806. The number of rotatable bonds is 4. The molecule has 1 amide bonds. The first-order valence-electron chi connectivity index (χ1n) is 8.78. The summed E-state index contributed by atoms with van der Waals surface area (Å²) in [6.45, 7) is 8.18. The smallest absolute Gasteiger partial charge is 0.228 e. The third-order valence-electron chi connectivity index (χ3n) is 4.62. The fourth-order valence-corrected chi connectivity index (χ4v) is 3.08. The lowest BCUT2D eigenvalue weighted by Crippen LogP contribution is -2.54. The molecule has 8 nitrogen and oxygen atoms in total. The summed E-state index contributed by atoms with van der Waals surface area (Å²) in [6, 6.07) is 5.90.